The topological polar surface area (TPSA) is 39.9 Å². The summed E-state index contributed by atoms with van der Waals surface area (Å²) in [4.78, 5) is 9.09. The van der Waals surface area contributed by atoms with Crippen molar-refractivity contribution in [1.29, 1.82) is 0 Å². The molecule has 0 spiro atoms. The van der Waals surface area contributed by atoms with Gasteiger partial charge in [0, 0.05) is 29.2 Å². The van der Waals surface area contributed by atoms with E-state index in [0.717, 1.165) is 44.6 Å². The summed E-state index contributed by atoms with van der Waals surface area (Å²) in [6, 6.07) is 35.5. The summed E-state index contributed by atoms with van der Waals surface area (Å²) in [5.74, 6) is 2.05. The molecule has 0 unspecified atom stereocenters. The Morgan fingerprint density at radius 1 is 0.771 bits per heavy atom. The number of nitrogens with zero attached hydrogens (tertiary/aromatic N) is 3. The van der Waals surface area contributed by atoms with Crippen LogP contribution in [0.3, 0.4) is 0 Å². The number of ether oxygens (including phenoxy) is 1. The number of aromatic nitrogens is 3. The summed E-state index contributed by atoms with van der Waals surface area (Å²) in [5, 5.41) is 2.31. The largest absolute Gasteiger partial charge is 2.00 e. The van der Waals surface area contributed by atoms with E-state index in [9.17, 15) is 0 Å². The zero-order valence-electron chi connectivity index (χ0n) is 19.2. The molecule has 0 aliphatic heterocycles. The molecule has 0 atom stereocenters. The normalized spacial score (nSPS) is 10.9. The average molecular weight is 635 g/mol. The van der Waals surface area contributed by atoms with Crippen molar-refractivity contribution < 1.29 is 25.8 Å². The Balaban J connectivity index is 0.00000253. The van der Waals surface area contributed by atoms with Crippen molar-refractivity contribution in [2.75, 3.05) is 0 Å². The Labute approximate surface area is 218 Å². The van der Waals surface area contributed by atoms with Gasteiger partial charge in [-0.25, -0.2) is 21.1 Å². The summed E-state index contributed by atoms with van der Waals surface area (Å²) >= 11 is 0. The van der Waals surface area contributed by atoms with Gasteiger partial charge in [0.05, 0.1) is 0 Å². The first kappa shape index (κ1) is 23.0. The number of hydrogen-bond acceptors (Lipinski definition) is 3. The molecule has 0 aliphatic rings. The van der Waals surface area contributed by atoms with Crippen molar-refractivity contribution in [3.63, 3.8) is 0 Å². The smallest absolute Gasteiger partial charge is 0.460 e. The van der Waals surface area contributed by atoms with Crippen molar-refractivity contribution in [2.45, 2.75) is 13.8 Å². The van der Waals surface area contributed by atoms with E-state index < -0.39 is 0 Å². The Bertz CT molecular complexity index is 1670. The Morgan fingerprint density at radius 2 is 1.60 bits per heavy atom. The fraction of sp³-hybridized carbons (Fsp3) is 0.0667. The second-order valence-corrected chi connectivity index (χ2v) is 8.33. The van der Waals surface area contributed by atoms with E-state index in [1.807, 2.05) is 62.4 Å². The molecule has 0 fully saturated rings. The first-order valence-electron chi connectivity index (χ1n) is 11.2. The minimum absolute atomic E-state index is 0. The number of rotatable bonds is 4. The van der Waals surface area contributed by atoms with Gasteiger partial charge in [0.25, 0.3) is 0 Å². The van der Waals surface area contributed by atoms with Gasteiger partial charge in [0.2, 0.25) is 5.88 Å². The molecular formula is C30H21N3OPt. The van der Waals surface area contributed by atoms with Gasteiger partial charge in [0.1, 0.15) is 5.82 Å². The Kier molecular flexibility index (Phi) is 6.23. The number of benzene rings is 3. The van der Waals surface area contributed by atoms with Crippen molar-refractivity contribution in [3.8, 4) is 28.6 Å². The molecule has 6 aromatic rings. The fourth-order valence-corrected chi connectivity index (χ4v) is 4.28. The van der Waals surface area contributed by atoms with Crippen LogP contribution in [0.2, 0.25) is 0 Å². The van der Waals surface area contributed by atoms with Crippen LogP contribution in [0.25, 0.3) is 38.8 Å². The number of pyridine rings is 2. The Hall–Kier alpha value is -3.75. The second-order valence-electron chi connectivity index (χ2n) is 8.33. The minimum Gasteiger partial charge on any atom is -0.460 e. The standard InChI is InChI=1S/C30H21N3O.Pt/c1-20-15-16-31-30(17-20)34-24-9-6-8-22(18-24)23-13-14-26-25-10-3-4-11-27(25)33(28(26)19-23)29-12-5-7-21(2)32-29;/h3-17H,1-2H3;/q-2;+2. The molecule has 3 aromatic heterocycles. The van der Waals surface area contributed by atoms with Gasteiger partial charge >= 0.3 is 21.1 Å². The molecule has 0 radical (unpaired) electrons. The van der Waals surface area contributed by atoms with Gasteiger partial charge in [-0.3, -0.25) is 0 Å². The van der Waals surface area contributed by atoms with E-state index in [-0.39, 0.29) is 21.1 Å². The van der Waals surface area contributed by atoms with E-state index >= 15 is 0 Å². The van der Waals surface area contributed by atoms with Crippen LogP contribution in [0.1, 0.15) is 11.3 Å². The van der Waals surface area contributed by atoms with E-state index in [1.54, 1.807) is 6.20 Å². The van der Waals surface area contributed by atoms with E-state index in [4.69, 9.17) is 9.72 Å². The van der Waals surface area contributed by atoms with Crippen molar-refractivity contribution in [3.05, 3.63) is 115 Å². The predicted molar refractivity (Wildman–Crippen MR) is 135 cm³/mol. The molecule has 0 bridgehead atoms. The maximum absolute atomic E-state index is 5.97. The number of aryl methyl sites for hydroxylation is 2. The Morgan fingerprint density at radius 3 is 2.46 bits per heavy atom. The van der Waals surface area contributed by atoms with Crippen LogP contribution in [0.5, 0.6) is 11.6 Å². The van der Waals surface area contributed by atoms with E-state index in [1.165, 1.54) is 5.39 Å². The third kappa shape index (κ3) is 4.38. The van der Waals surface area contributed by atoms with Crippen LogP contribution in [-0.2, 0) is 21.1 Å². The zero-order chi connectivity index (χ0) is 23.1. The van der Waals surface area contributed by atoms with Crippen molar-refractivity contribution in [2.24, 2.45) is 0 Å². The summed E-state index contributed by atoms with van der Waals surface area (Å²) in [7, 11) is 0. The quantitative estimate of drug-likeness (QED) is 0.192. The number of para-hydroxylation sites is 1. The van der Waals surface area contributed by atoms with E-state index in [0.29, 0.717) is 11.6 Å². The summed E-state index contributed by atoms with van der Waals surface area (Å²) in [5.41, 5.74) is 6.00. The van der Waals surface area contributed by atoms with Crippen LogP contribution in [0.15, 0.2) is 91.1 Å². The first-order valence-corrected chi connectivity index (χ1v) is 11.2. The fourth-order valence-electron chi connectivity index (χ4n) is 4.28. The molecule has 0 aliphatic carbocycles. The molecule has 172 valence electrons. The summed E-state index contributed by atoms with van der Waals surface area (Å²) < 4.78 is 8.15. The van der Waals surface area contributed by atoms with Gasteiger partial charge in [0.15, 0.2) is 0 Å². The van der Waals surface area contributed by atoms with Gasteiger partial charge in [-0.2, -0.15) is 24.3 Å². The van der Waals surface area contributed by atoms with Gasteiger partial charge in [-0.05, 0) is 54.6 Å². The van der Waals surface area contributed by atoms with Crippen molar-refractivity contribution in [1.82, 2.24) is 14.5 Å². The molecule has 3 heterocycles. The van der Waals surface area contributed by atoms with Crippen LogP contribution in [-0.4, -0.2) is 14.5 Å². The third-order valence-electron chi connectivity index (χ3n) is 5.85. The second kappa shape index (κ2) is 9.48. The molecule has 35 heavy (non-hydrogen) atoms. The molecule has 5 heteroatoms. The molecule has 3 aromatic carbocycles. The average Bonchev–Trinajstić information content (AvgIpc) is 3.18. The molecule has 0 N–H and O–H groups in total. The molecule has 6 rings (SSSR count). The predicted octanol–water partition coefficient (Wildman–Crippen LogP) is 7.25. The van der Waals surface area contributed by atoms with Crippen LogP contribution in [0.4, 0.5) is 0 Å². The van der Waals surface area contributed by atoms with Gasteiger partial charge < -0.3 is 9.30 Å². The van der Waals surface area contributed by atoms with E-state index in [2.05, 4.69) is 58.1 Å². The minimum atomic E-state index is 0. The van der Waals surface area contributed by atoms with Crippen LogP contribution < -0.4 is 4.74 Å². The molecule has 0 saturated heterocycles. The monoisotopic (exact) mass is 634 g/mol. The van der Waals surface area contributed by atoms with Crippen molar-refractivity contribution >= 4 is 21.8 Å². The summed E-state index contributed by atoms with van der Waals surface area (Å²) in [6.45, 7) is 4.02. The summed E-state index contributed by atoms with van der Waals surface area (Å²) in [6.07, 6.45) is 1.74. The van der Waals surface area contributed by atoms with Crippen LogP contribution >= 0.6 is 0 Å². The SMILES string of the molecule is Cc1ccnc(Oc2[c-]c(-c3[c-]c4c(cc3)c3ccccc3n4-c3cccc(C)n3)ccc2)c1.[Pt+2]. The number of fused-ring (bicyclic) bond motifs is 3. The third-order valence-corrected chi connectivity index (χ3v) is 5.85. The molecule has 0 amide bonds. The zero-order valence-corrected chi connectivity index (χ0v) is 21.5. The molecular weight excluding hydrogens is 613 g/mol. The first-order chi connectivity index (χ1) is 16.7. The molecule has 4 nitrogen and oxygen atoms in total. The van der Waals surface area contributed by atoms with Gasteiger partial charge in [-0.15, -0.1) is 18.2 Å². The maximum atomic E-state index is 5.97. The van der Waals surface area contributed by atoms with Gasteiger partial charge in [-0.1, -0.05) is 29.7 Å². The molecule has 0 saturated carbocycles. The maximum Gasteiger partial charge on any atom is 2.00 e. The van der Waals surface area contributed by atoms with Crippen LogP contribution in [0, 0.1) is 26.0 Å². The number of hydrogen-bond donors (Lipinski definition) is 0.